The molecule has 0 unspecified atom stereocenters. The number of aryl methyl sites for hydroxylation is 1. The molecular weight excluding hydrogens is 190 g/mol. The first kappa shape index (κ1) is 11.1. The first-order valence-electron chi connectivity index (χ1n) is 4.60. The lowest BCUT2D eigenvalue weighted by molar-refractivity contribution is 0.00868. The molecule has 80 valence electrons. The molecule has 0 atom stereocenters. The van der Waals surface area contributed by atoms with Crippen molar-refractivity contribution in [1.82, 2.24) is 9.78 Å². The summed E-state index contributed by atoms with van der Waals surface area (Å²) in [5.74, 6) is 0. The largest absolute Gasteiger partial charge is 0.369 e. The van der Waals surface area contributed by atoms with E-state index in [9.17, 15) is 8.78 Å². The van der Waals surface area contributed by atoms with Crippen LogP contribution in [-0.2, 0) is 17.9 Å². The zero-order valence-electron chi connectivity index (χ0n) is 8.12. The summed E-state index contributed by atoms with van der Waals surface area (Å²) in [6, 6.07) is 1.78. The predicted octanol–water partition coefficient (Wildman–Crippen LogP) is 2.07. The molecule has 0 aromatic carbocycles. The summed E-state index contributed by atoms with van der Waals surface area (Å²) < 4.78 is 30.0. The van der Waals surface area contributed by atoms with Gasteiger partial charge in [0.2, 0.25) is 0 Å². The molecule has 0 amide bonds. The highest BCUT2D eigenvalue weighted by Crippen LogP contribution is 2.01. The Bertz CT molecular complexity index is 263. The van der Waals surface area contributed by atoms with Crippen molar-refractivity contribution in [3.05, 3.63) is 18.0 Å². The molecule has 0 saturated heterocycles. The zero-order valence-corrected chi connectivity index (χ0v) is 8.12. The molecule has 0 spiro atoms. The second-order valence-electron chi connectivity index (χ2n) is 2.98. The van der Waals surface area contributed by atoms with Gasteiger partial charge in [-0.3, -0.25) is 4.68 Å². The molecule has 0 aliphatic rings. The molecule has 0 fully saturated rings. The molecule has 0 N–H and O–H groups in total. The molecule has 0 radical (unpaired) electrons. The molecule has 0 aliphatic heterocycles. The first-order chi connectivity index (χ1) is 6.72. The Morgan fingerprint density at radius 2 is 2.36 bits per heavy atom. The summed E-state index contributed by atoms with van der Waals surface area (Å²) in [6.07, 6.45) is 0.413. The predicted molar refractivity (Wildman–Crippen MR) is 48.2 cm³/mol. The lowest BCUT2D eigenvalue weighted by atomic mass is 10.5. The van der Waals surface area contributed by atoms with Gasteiger partial charge in [0, 0.05) is 12.7 Å². The third-order valence-corrected chi connectivity index (χ3v) is 1.64. The summed E-state index contributed by atoms with van der Waals surface area (Å²) in [6.45, 7) is 2.52. The number of aromatic nitrogens is 2. The molecule has 0 saturated carbocycles. The molecule has 5 heteroatoms. The summed E-state index contributed by atoms with van der Waals surface area (Å²) in [4.78, 5) is 0. The maximum absolute atomic E-state index is 11.7. The molecule has 1 rings (SSSR count). The Balaban J connectivity index is 2.28. The van der Waals surface area contributed by atoms with Crippen molar-refractivity contribution < 1.29 is 13.5 Å². The topological polar surface area (TPSA) is 27.1 Å². The van der Waals surface area contributed by atoms with E-state index in [0.29, 0.717) is 5.69 Å². The Morgan fingerprint density at radius 3 is 3.00 bits per heavy atom. The number of halogens is 2. The van der Waals surface area contributed by atoms with Gasteiger partial charge in [0.1, 0.15) is 6.61 Å². The molecule has 1 aromatic heterocycles. The van der Waals surface area contributed by atoms with Gasteiger partial charge in [-0.05, 0) is 12.5 Å². The fourth-order valence-electron chi connectivity index (χ4n) is 1.09. The maximum atomic E-state index is 11.7. The van der Waals surface area contributed by atoms with E-state index < -0.39 is 13.0 Å². The van der Waals surface area contributed by atoms with Crippen LogP contribution < -0.4 is 0 Å². The molecule has 1 aromatic rings. The van der Waals surface area contributed by atoms with Crippen LogP contribution in [-0.4, -0.2) is 22.8 Å². The van der Waals surface area contributed by atoms with Crippen LogP contribution in [0.1, 0.15) is 19.0 Å². The molecule has 0 bridgehead atoms. The van der Waals surface area contributed by atoms with Crippen molar-refractivity contribution in [1.29, 1.82) is 0 Å². The Morgan fingerprint density at radius 1 is 1.57 bits per heavy atom. The number of hydrogen-bond acceptors (Lipinski definition) is 2. The van der Waals surface area contributed by atoms with Gasteiger partial charge in [0.05, 0.1) is 12.3 Å². The second kappa shape index (κ2) is 5.70. The van der Waals surface area contributed by atoms with Crippen molar-refractivity contribution in [3.63, 3.8) is 0 Å². The third-order valence-electron chi connectivity index (χ3n) is 1.64. The Labute approximate surface area is 81.7 Å². The maximum Gasteiger partial charge on any atom is 0.261 e. The highest BCUT2D eigenvalue weighted by molar-refractivity contribution is 4.96. The van der Waals surface area contributed by atoms with E-state index in [1.165, 1.54) is 0 Å². The van der Waals surface area contributed by atoms with Crippen LogP contribution in [0.25, 0.3) is 0 Å². The lowest BCUT2D eigenvalue weighted by Crippen LogP contribution is -2.05. The van der Waals surface area contributed by atoms with Crippen LogP contribution >= 0.6 is 0 Å². The van der Waals surface area contributed by atoms with Gasteiger partial charge < -0.3 is 4.74 Å². The van der Waals surface area contributed by atoms with E-state index in [-0.39, 0.29) is 6.61 Å². The Kier molecular flexibility index (Phi) is 4.52. The zero-order chi connectivity index (χ0) is 10.4. The minimum absolute atomic E-state index is 0.154. The quantitative estimate of drug-likeness (QED) is 0.709. The van der Waals surface area contributed by atoms with E-state index in [1.54, 1.807) is 10.7 Å². The summed E-state index contributed by atoms with van der Waals surface area (Å²) in [5, 5.41) is 4.14. The molecule has 14 heavy (non-hydrogen) atoms. The van der Waals surface area contributed by atoms with Crippen molar-refractivity contribution in [3.8, 4) is 0 Å². The summed E-state index contributed by atoms with van der Waals surface area (Å²) in [7, 11) is 0. The van der Waals surface area contributed by atoms with Crippen LogP contribution in [0.3, 0.4) is 0 Å². The smallest absolute Gasteiger partial charge is 0.261 e. The average Bonchev–Trinajstić information content (AvgIpc) is 2.53. The molecular formula is C9H14F2N2O. The highest BCUT2D eigenvalue weighted by Gasteiger charge is 2.03. The number of rotatable bonds is 6. The minimum Gasteiger partial charge on any atom is -0.369 e. The molecule has 3 nitrogen and oxygen atoms in total. The molecule has 0 aliphatic carbocycles. The summed E-state index contributed by atoms with van der Waals surface area (Å²) >= 11 is 0. The van der Waals surface area contributed by atoms with E-state index >= 15 is 0 Å². The Hall–Kier alpha value is -0.970. The van der Waals surface area contributed by atoms with Gasteiger partial charge in [0.25, 0.3) is 6.43 Å². The van der Waals surface area contributed by atoms with E-state index in [2.05, 4.69) is 12.0 Å². The fraction of sp³-hybridized carbons (Fsp3) is 0.667. The van der Waals surface area contributed by atoms with Crippen LogP contribution in [0.4, 0.5) is 8.78 Å². The van der Waals surface area contributed by atoms with Crippen molar-refractivity contribution in [2.24, 2.45) is 0 Å². The van der Waals surface area contributed by atoms with Crippen molar-refractivity contribution >= 4 is 0 Å². The van der Waals surface area contributed by atoms with E-state index in [4.69, 9.17) is 4.74 Å². The van der Waals surface area contributed by atoms with E-state index in [1.807, 2.05) is 6.20 Å². The van der Waals surface area contributed by atoms with Crippen LogP contribution in [0, 0.1) is 0 Å². The fourth-order valence-corrected chi connectivity index (χ4v) is 1.09. The van der Waals surface area contributed by atoms with Crippen LogP contribution in [0.15, 0.2) is 12.3 Å². The molecule has 1 heterocycles. The third kappa shape index (κ3) is 3.83. The number of hydrogen-bond donors (Lipinski definition) is 0. The van der Waals surface area contributed by atoms with Gasteiger partial charge >= 0.3 is 0 Å². The second-order valence-corrected chi connectivity index (χ2v) is 2.98. The standard InChI is InChI=1S/C9H14F2N2O/c1-2-4-13-5-3-8(12-13)6-14-7-9(10)11/h3,5,9H,2,4,6-7H2,1H3. The lowest BCUT2D eigenvalue weighted by Gasteiger charge is -2.00. The number of ether oxygens (including phenoxy) is 1. The van der Waals surface area contributed by atoms with Gasteiger partial charge in [0.15, 0.2) is 0 Å². The van der Waals surface area contributed by atoms with Gasteiger partial charge in [-0.15, -0.1) is 0 Å². The SMILES string of the molecule is CCCn1ccc(COCC(F)F)n1. The van der Waals surface area contributed by atoms with E-state index in [0.717, 1.165) is 13.0 Å². The number of nitrogens with zero attached hydrogens (tertiary/aromatic N) is 2. The highest BCUT2D eigenvalue weighted by atomic mass is 19.3. The van der Waals surface area contributed by atoms with Gasteiger partial charge in [-0.1, -0.05) is 6.92 Å². The normalized spacial score (nSPS) is 11.1. The summed E-state index contributed by atoms with van der Waals surface area (Å²) in [5.41, 5.74) is 0.694. The van der Waals surface area contributed by atoms with Crippen LogP contribution in [0.2, 0.25) is 0 Å². The first-order valence-corrected chi connectivity index (χ1v) is 4.60. The van der Waals surface area contributed by atoms with Crippen molar-refractivity contribution in [2.75, 3.05) is 6.61 Å². The van der Waals surface area contributed by atoms with Crippen molar-refractivity contribution in [2.45, 2.75) is 32.9 Å². The monoisotopic (exact) mass is 204 g/mol. The number of alkyl halides is 2. The van der Waals surface area contributed by atoms with Gasteiger partial charge in [-0.2, -0.15) is 5.10 Å². The minimum atomic E-state index is -2.41. The van der Waals surface area contributed by atoms with Gasteiger partial charge in [-0.25, -0.2) is 8.78 Å². The van der Waals surface area contributed by atoms with Crippen LogP contribution in [0.5, 0.6) is 0 Å². The average molecular weight is 204 g/mol.